The summed E-state index contributed by atoms with van der Waals surface area (Å²) in [6.45, 7) is 0. The van der Waals surface area contributed by atoms with E-state index in [0.717, 1.165) is 6.42 Å². The number of nitrogens with two attached hydrogens (primary N) is 1. The van der Waals surface area contributed by atoms with Crippen molar-refractivity contribution in [2.24, 2.45) is 0 Å². The van der Waals surface area contributed by atoms with Gasteiger partial charge in [-0.3, -0.25) is 0 Å². The van der Waals surface area contributed by atoms with Crippen LogP contribution >= 0.6 is 0 Å². The summed E-state index contributed by atoms with van der Waals surface area (Å²) in [4.78, 5) is 12.0. The molecule has 20 heavy (non-hydrogen) atoms. The van der Waals surface area contributed by atoms with Crippen LogP contribution in [0.1, 0.15) is 36.0 Å². The van der Waals surface area contributed by atoms with E-state index in [-0.39, 0.29) is 6.10 Å². The molecule has 0 bridgehead atoms. The van der Waals surface area contributed by atoms with E-state index in [0.29, 0.717) is 30.5 Å². The summed E-state index contributed by atoms with van der Waals surface area (Å²) in [5, 5.41) is -0.402. The van der Waals surface area contributed by atoms with Crippen LogP contribution in [0.2, 0.25) is 0 Å². The molecule has 1 fully saturated rings. The molecule has 0 spiro atoms. The van der Waals surface area contributed by atoms with E-state index in [2.05, 4.69) is 0 Å². The summed E-state index contributed by atoms with van der Waals surface area (Å²) in [6.07, 6.45) is 3.42. The largest absolute Gasteiger partial charge is 0.459 e. The van der Waals surface area contributed by atoms with Gasteiger partial charge in [0.25, 0.3) is 0 Å². The van der Waals surface area contributed by atoms with Gasteiger partial charge in [-0.05, 0) is 43.5 Å². The number of nitrogen functional groups attached to an aromatic ring is 1. The first-order valence-electron chi connectivity index (χ1n) is 6.61. The lowest BCUT2D eigenvalue weighted by Crippen LogP contribution is -2.32. The van der Waals surface area contributed by atoms with Gasteiger partial charge in [-0.1, -0.05) is 0 Å². The highest BCUT2D eigenvalue weighted by Crippen LogP contribution is 2.26. The van der Waals surface area contributed by atoms with Gasteiger partial charge in [0.2, 0.25) is 0 Å². The van der Waals surface area contributed by atoms with Gasteiger partial charge in [-0.25, -0.2) is 13.2 Å². The normalized spacial score (nSPS) is 23.2. The molecule has 0 saturated heterocycles. The third-order valence-electron chi connectivity index (χ3n) is 3.60. The number of anilines is 1. The number of benzene rings is 1. The Kier molecular flexibility index (Phi) is 4.32. The van der Waals surface area contributed by atoms with Crippen molar-refractivity contribution in [2.45, 2.75) is 37.0 Å². The summed E-state index contributed by atoms with van der Waals surface area (Å²) in [5.41, 5.74) is 6.57. The lowest BCUT2D eigenvalue weighted by atomic mass is 9.97. The summed E-state index contributed by atoms with van der Waals surface area (Å²) in [7, 11) is -3.07. The maximum absolute atomic E-state index is 12.0. The predicted octanol–water partition coefficient (Wildman–Crippen LogP) is 1.78. The first-order chi connectivity index (χ1) is 9.36. The molecule has 1 saturated carbocycles. The second kappa shape index (κ2) is 5.83. The van der Waals surface area contributed by atoms with Crippen molar-refractivity contribution in [3.05, 3.63) is 29.8 Å². The summed E-state index contributed by atoms with van der Waals surface area (Å²) < 4.78 is 28.5. The van der Waals surface area contributed by atoms with Crippen molar-refractivity contribution in [1.82, 2.24) is 0 Å². The van der Waals surface area contributed by atoms with Gasteiger partial charge in [0.1, 0.15) is 15.9 Å². The van der Waals surface area contributed by atoms with Crippen LogP contribution in [0.15, 0.2) is 24.3 Å². The van der Waals surface area contributed by atoms with Gasteiger partial charge in [-0.15, -0.1) is 0 Å². The van der Waals surface area contributed by atoms with Crippen molar-refractivity contribution in [2.75, 3.05) is 12.0 Å². The van der Waals surface area contributed by atoms with E-state index in [1.54, 1.807) is 24.3 Å². The first-order valence-corrected chi connectivity index (χ1v) is 8.57. The van der Waals surface area contributed by atoms with E-state index in [4.69, 9.17) is 10.5 Å². The molecular weight excluding hydrogens is 278 g/mol. The molecule has 0 aliphatic heterocycles. The highest BCUT2D eigenvalue weighted by atomic mass is 32.2. The molecule has 0 aromatic heterocycles. The molecule has 5 nitrogen and oxygen atoms in total. The van der Waals surface area contributed by atoms with Gasteiger partial charge in [0, 0.05) is 18.4 Å². The van der Waals surface area contributed by atoms with Crippen LogP contribution < -0.4 is 5.73 Å². The maximum Gasteiger partial charge on any atom is 0.338 e. The number of esters is 1. The van der Waals surface area contributed by atoms with E-state index in [1.807, 2.05) is 0 Å². The minimum Gasteiger partial charge on any atom is -0.459 e. The number of carbonyl (C=O) groups is 1. The standard InChI is InChI=1S/C14H19NO4S/c1-20(17,18)13-4-2-3-12(9-13)19-14(16)10-5-7-11(15)8-6-10/h5-8,12-13H,2-4,9,15H2,1H3. The topological polar surface area (TPSA) is 86.5 Å². The quantitative estimate of drug-likeness (QED) is 0.679. The smallest absolute Gasteiger partial charge is 0.338 e. The predicted molar refractivity (Wildman–Crippen MR) is 77.2 cm³/mol. The van der Waals surface area contributed by atoms with Crippen molar-refractivity contribution < 1.29 is 17.9 Å². The molecule has 0 amide bonds. The fourth-order valence-electron chi connectivity index (χ4n) is 2.44. The summed E-state index contributed by atoms with van der Waals surface area (Å²) in [5.74, 6) is -0.427. The fourth-order valence-corrected chi connectivity index (χ4v) is 3.60. The monoisotopic (exact) mass is 297 g/mol. The Balaban J connectivity index is 1.99. The number of ether oxygens (including phenoxy) is 1. The molecule has 1 aliphatic rings. The van der Waals surface area contributed by atoms with E-state index >= 15 is 0 Å². The number of rotatable bonds is 3. The van der Waals surface area contributed by atoms with Gasteiger partial charge < -0.3 is 10.5 Å². The SMILES string of the molecule is CS(=O)(=O)C1CCCC(OC(=O)c2ccc(N)cc2)C1. The zero-order valence-electron chi connectivity index (χ0n) is 11.4. The zero-order valence-corrected chi connectivity index (χ0v) is 12.2. The van der Waals surface area contributed by atoms with Crippen molar-refractivity contribution >= 4 is 21.5 Å². The third-order valence-corrected chi connectivity index (χ3v) is 5.24. The molecule has 6 heteroatoms. The summed E-state index contributed by atoms with van der Waals surface area (Å²) in [6, 6.07) is 6.48. The highest BCUT2D eigenvalue weighted by molar-refractivity contribution is 7.91. The molecule has 1 aromatic rings. The molecule has 1 aromatic carbocycles. The van der Waals surface area contributed by atoms with Crippen molar-refractivity contribution in [1.29, 1.82) is 0 Å². The average molecular weight is 297 g/mol. The second-order valence-corrected chi connectivity index (χ2v) is 7.59. The molecule has 2 rings (SSSR count). The number of hydrogen-bond acceptors (Lipinski definition) is 5. The third kappa shape index (κ3) is 3.72. The van der Waals surface area contributed by atoms with E-state index in [9.17, 15) is 13.2 Å². The van der Waals surface area contributed by atoms with Crippen LogP contribution in [0, 0.1) is 0 Å². The summed E-state index contributed by atoms with van der Waals surface area (Å²) >= 11 is 0. The van der Waals surface area contributed by atoms with Crippen molar-refractivity contribution in [3.63, 3.8) is 0 Å². The van der Waals surface area contributed by atoms with Crippen LogP contribution in [0.25, 0.3) is 0 Å². The Bertz CT molecular complexity index is 580. The van der Waals surface area contributed by atoms with Crippen LogP contribution in [0.5, 0.6) is 0 Å². The number of hydrogen-bond donors (Lipinski definition) is 1. The van der Waals surface area contributed by atoms with E-state index in [1.165, 1.54) is 6.26 Å². The van der Waals surface area contributed by atoms with Gasteiger partial charge >= 0.3 is 5.97 Å². The zero-order chi connectivity index (χ0) is 14.8. The average Bonchev–Trinajstić information content (AvgIpc) is 2.38. The molecule has 0 heterocycles. The molecule has 2 N–H and O–H groups in total. The molecular formula is C14H19NO4S. The lowest BCUT2D eigenvalue weighted by Gasteiger charge is -2.27. The Morgan fingerprint density at radius 2 is 1.90 bits per heavy atom. The van der Waals surface area contributed by atoms with Crippen LogP contribution in [0.3, 0.4) is 0 Å². The molecule has 110 valence electrons. The van der Waals surface area contributed by atoms with Gasteiger partial charge in [-0.2, -0.15) is 0 Å². The van der Waals surface area contributed by atoms with Gasteiger partial charge in [0.05, 0.1) is 10.8 Å². The second-order valence-electron chi connectivity index (χ2n) is 5.27. The Morgan fingerprint density at radius 3 is 2.50 bits per heavy atom. The Labute approximate surface area is 119 Å². The van der Waals surface area contributed by atoms with Crippen LogP contribution in [-0.2, 0) is 14.6 Å². The number of carbonyl (C=O) groups excluding carboxylic acids is 1. The molecule has 0 radical (unpaired) electrons. The maximum atomic E-state index is 12.0. The van der Waals surface area contributed by atoms with E-state index < -0.39 is 21.1 Å². The first kappa shape index (κ1) is 14.8. The highest BCUT2D eigenvalue weighted by Gasteiger charge is 2.30. The van der Waals surface area contributed by atoms with Crippen molar-refractivity contribution in [3.8, 4) is 0 Å². The minimum atomic E-state index is -3.07. The van der Waals surface area contributed by atoms with Gasteiger partial charge in [0.15, 0.2) is 0 Å². The van der Waals surface area contributed by atoms with Crippen LogP contribution in [0.4, 0.5) is 5.69 Å². The fraction of sp³-hybridized carbons (Fsp3) is 0.500. The number of sulfone groups is 1. The molecule has 2 atom stereocenters. The van der Waals surface area contributed by atoms with Crippen LogP contribution in [-0.4, -0.2) is 32.0 Å². The lowest BCUT2D eigenvalue weighted by molar-refractivity contribution is 0.0215. The Hall–Kier alpha value is -1.56. The minimum absolute atomic E-state index is 0.325. The Morgan fingerprint density at radius 1 is 1.25 bits per heavy atom. The molecule has 1 aliphatic carbocycles. The molecule has 2 unspecified atom stereocenters.